The molecule has 0 radical (unpaired) electrons. The zero-order valence-electron chi connectivity index (χ0n) is 15.1. The minimum atomic E-state index is 0. The molecule has 1 N–H and O–H groups in total. The van der Waals surface area contributed by atoms with Crippen molar-refractivity contribution in [2.45, 2.75) is 31.7 Å². The van der Waals surface area contributed by atoms with Gasteiger partial charge in [0.05, 0.1) is 0 Å². The van der Waals surface area contributed by atoms with Gasteiger partial charge in [-0.2, -0.15) is 0 Å². The fraction of sp³-hybridized carbons (Fsp3) is 0.455. The number of benzene rings is 2. The summed E-state index contributed by atoms with van der Waals surface area (Å²) in [5, 5.41) is 3.51. The molecule has 2 aromatic carbocycles. The Morgan fingerprint density at radius 1 is 0.885 bits per heavy atom. The molecular formula is C22H28Cl2N2. The Balaban J connectivity index is 0.000000980. The van der Waals surface area contributed by atoms with Gasteiger partial charge in [0.25, 0.3) is 0 Å². The van der Waals surface area contributed by atoms with Gasteiger partial charge in [-0.25, -0.2) is 0 Å². The van der Waals surface area contributed by atoms with Gasteiger partial charge in [0.15, 0.2) is 0 Å². The van der Waals surface area contributed by atoms with E-state index in [1.165, 1.54) is 54.6 Å². The van der Waals surface area contributed by atoms with Crippen LogP contribution >= 0.6 is 24.8 Å². The van der Waals surface area contributed by atoms with Crippen molar-refractivity contribution in [3.63, 3.8) is 0 Å². The molecule has 1 aliphatic heterocycles. The first-order valence-corrected chi connectivity index (χ1v) is 9.56. The zero-order valence-corrected chi connectivity index (χ0v) is 16.7. The molecule has 0 bridgehead atoms. The highest BCUT2D eigenvalue weighted by molar-refractivity contribution is 5.85. The number of nitrogens with one attached hydrogen (secondary N) is 1. The maximum atomic E-state index is 3.51. The van der Waals surface area contributed by atoms with E-state index in [4.69, 9.17) is 0 Å². The van der Waals surface area contributed by atoms with E-state index < -0.39 is 0 Å². The molecule has 2 fully saturated rings. The van der Waals surface area contributed by atoms with Gasteiger partial charge in [-0.05, 0) is 53.0 Å². The number of nitrogens with zero attached hydrogens (tertiary/aromatic N) is 1. The molecule has 3 aliphatic rings. The molecule has 0 unspecified atom stereocenters. The van der Waals surface area contributed by atoms with Crippen molar-refractivity contribution < 1.29 is 0 Å². The van der Waals surface area contributed by atoms with Gasteiger partial charge in [0.1, 0.15) is 0 Å². The second-order valence-corrected chi connectivity index (χ2v) is 7.67. The Kier molecular flexibility index (Phi) is 6.29. The second-order valence-electron chi connectivity index (χ2n) is 7.67. The summed E-state index contributed by atoms with van der Waals surface area (Å²) in [4.78, 5) is 2.74. The van der Waals surface area contributed by atoms with Crippen LogP contribution in [0.1, 0.15) is 42.0 Å². The number of hydrogen-bond acceptors (Lipinski definition) is 2. The van der Waals surface area contributed by atoms with E-state index in [-0.39, 0.29) is 24.8 Å². The summed E-state index contributed by atoms with van der Waals surface area (Å²) in [5.74, 6) is 0.866. The highest BCUT2D eigenvalue weighted by Gasteiger charge is 2.34. The lowest BCUT2D eigenvalue weighted by Crippen LogP contribution is -2.47. The van der Waals surface area contributed by atoms with Gasteiger partial charge < -0.3 is 5.32 Å². The van der Waals surface area contributed by atoms with Gasteiger partial charge in [0, 0.05) is 32.2 Å². The molecule has 0 aromatic heterocycles. The molecule has 140 valence electrons. The minimum Gasteiger partial charge on any atom is -0.314 e. The topological polar surface area (TPSA) is 15.3 Å². The lowest BCUT2D eigenvalue weighted by Gasteiger charge is -2.43. The van der Waals surface area contributed by atoms with E-state index >= 15 is 0 Å². The summed E-state index contributed by atoms with van der Waals surface area (Å²) >= 11 is 0. The van der Waals surface area contributed by atoms with Crippen molar-refractivity contribution in [1.29, 1.82) is 0 Å². The van der Waals surface area contributed by atoms with Crippen LogP contribution in [-0.2, 0) is 6.42 Å². The van der Waals surface area contributed by atoms with Gasteiger partial charge in [0.2, 0.25) is 0 Å². The molecule has 4 heteroatoms. The summed E-state index contributed by atoms with van der Waals surface area (Å²) in [5.41, 5.74) is 7.50. The number of piperazine rings is 1. The summed E-state index contributed by atoms with van der Waals surface area (Å²) in [7, 11) is 0. The highest BCUT2D eigenvalue weighted by atomic mass is 35.5. The van der Waals surface area contributed by atoms with E-state index in [1.54, 1.807) is 5.56 Å². The summed E-state index contributed by atoms with van der Waals surface area (Å²) in [6, 6.07) is 16.9. The average Bonchev–Trinajstić information content (AvgIpc) is 2.96. The lowest BCUT2D eigenvalue weighted by molar-refractivity contribution is 0.0837. The SMILES string of the molecule is Cl.Cl.c1ccc2c(c1)Cc1cc([C@@H](C3CCC3)N3CCNCC3)ccc1-2. The first-order valence-electron chi connectivity index (χ1n) is 9.56. The van der Waals surface area contributed by atoms with E-state index in [0.717, 1.165) is 25.4 Å². The molecule has 26 heavy (non-hydrogen) atoms. The molecule has 2 nitrogen and oxygen atoms in total. The molecule has 1 atom stereocenters. The quantitative estimate of drug-likeness (QED) is 0.687. The van der Waals surface area contributed by atoms with Crippen LogP contribution in [0.4, 0.5) is 0 Å². The average molecular weight is 391 g/mol. The predicted molar refractivity (Wildman–Crippen MR) is 114 cm³/mol. The van der Waals surface area contributed by atoms with Crippen LogP contribution in [0.5, 0.6) is 0 Å². The van der Waals surface area contributed by atoms with Crippen molar-refractivity contribution >= 4 is 24.8 Å². The first-order chi connectivity index (χ1) is 11.9. The van der Waals surface area contributed by atoms with Crippen LogP contribution in [0, 0.1) is 5.92 Å². The number of hydrogen-bond donors (Lipinski definition) is 1. The smallest absolute Gasteiger partial charge is 0.0377 e. The molecular weight excluding hydrogens is 363 g/mol. The summed E-state index contributed by atoms with van der Waals surface area (Å²) < 4.78 is 0. The van der Waals surface area contributed by atoms with Crippen LogP contribution < -0.4 is 5.32 Å². The van der Waals surface area contributed by atoms with Crippen molar-refractivity contribution in [3.8, 4) is 11.1 Å². The third kappa shape index (κ3) is 3.41. The van der Waals surface area contributed by atoms with Gasteiger partial charge >= 0.3 is 0 Å². The Morgan fingerprint density at radius 3 is 2.35 bits per heavy atom. The van der Waals surface area contributed by atoms with Gasteiger partial charge in [-0.3, -0.25) is 4.90 Å². The highest BCUT2D eigenvalue weighted by Crippen LogP contribution is 2.44. The first kappa shape index (κ1) is 19.7. The van der Waals surface area contributed by atoms with Crippen LogP contribution in [0.2, 0.25) is 0 Å². The summed E-state index contributed by atoms with van der Waals surface area (Å²) in [6.45, 7) is 4.66. The Labute approximate surface area is 169 Å². The van der Waals surface area contributed by atoms with E-state index in [0.29, 0.717) is 6.04 Å². The van der Waals surface area contributed by atoms with Crippen LogP contribution in [0.3, 0.4) is 0 Å². The normalized spacial score (nSPS) is 20.2. The molecule has 5 rings (SSSR count). The minimum absolute atomic E-state index is 0. The number of fused-ring (bicyclic) bond motifs is 3. The number of halogens is 2. The molecule has 2 aliphatic carbocycles. The Morgan fingerprint density at radius 2 is 1.62 bits per heavy atom. The van der Waals surface area contributed by atoms with Crippen LogP contribution in [0.25, 0.3) is 11.1 Å². The fourth-order valence-corrected chi connectivity index (χ4v) is 4.85. The fourth-order valence-electron chi connectivity index (χ4n) is 4.85. The third-order valence-electron chi connectivity index (χ3n) is 6.30. The van der Waals surface area contributed by atoms with E-state index in [9.17, 15) is 0 Å². The Bertz CT molecular complexity index is 752. The lowest BCUT2D eigenvalue weighted by atomic mass is 9.76. The van der Waals surface area contributed by atoms with Crippen molar-refractivity contribution in [2.24, 2.45) is 5.92 Å². The largest absolute Gasteiger partial charge is 0.314 e. The monoisotopic (exact) mass is 390 g/mol. The molecule has 1 saturated heterocycles. The standard InChI is InChI=1S/C22H26N2.2ClH/c1-2-7-20-17(4-1)14-19-15-18(8-9-21(19)20)22(16-5-3-6-16)24-12-10-23-11-13-24;;/h1-2,4,7-9,15-16,22-23H,3,5-6,10-14H2;2*1H/t22-;;/m1../s1. The molecule has 0 spiro atoms. The third-order valence-corrected chi connectivity index (χ3v) is 6.30. The van der Waals surface area contributed by atoms with Gasteiger partial charge in [-0.15, -0.1) is 24.8 Å². The van der Waals surface area contributed by atoms with E-state index in [1.807, 2.05) is 0 Å². The van der Waals surface area contributed by atoms with Crippen LogP contribution in [-0.4, -0.2) is 31.1 Å². The summed E-state index contributed by atoms with van der Waals surface area (Å²) in [6.07, 6.45) is 5.35. The molecule has 1 heterocycles. The van der Waals surface area contributed by atoms with Crippen molar-refractivity contribution in [3.05, 3.63) is 59.2 Å². The zero-order chi connectivity index (χ0) is 15.9. The van der Waals surface area contributed by atoms with Crippen LogP contribution in [0.15, 0.2) is 42.5 Å². The molecule has 2 aromatic rings. The Hall–Kier alpha value is -1.06. The van der Waals surface area contributed by atoms with Gasteiger partial charge in [-0.1, -0.05) is 48.9 Å². The molecule has 0 amide bonds. The molecule has 1 saturated carbocycles. The van der Waals surface area contributed by atoms with Crippen molar-refractivity contribution in [2.75, 3.05) is 26.2 Å². The predicted octanol–water partition coefficient (Wildman–Crippen LogP) is 4.85. The van der Waals surface area contributed by atoms with E-state index in [2.05, 4.69) is 52.7 Å². The second kappa shape index (κ2) is 8.31. The number of rotatable bonds is 3. The van der Waals surface area contributed by atoms with Crippen molar-refractivity contribution in [1.82, 2.24) is 10.2 Å². The maximum Gasteiger partial charge on any atom is 0.0377 e. The maximum absolute atomic E-state index is 3.51.